The molecule has 3 N–H and O–H groups in total. The second kappa shape index (κ2) is 14.6. The van der Waals surface area contributed by atoms with Crippen molar-refractivity contribution in [2.45, 2.75) is 25.2 Å². The fourth-order valence-electron chi connectivity index (χ4n) is 4.23. The summed E-state index contributed by atoms with van der Waals surface area (Å²) >= 11 is 1.36. The summed E-state index contributed by atoms with van der Waals surface area (Å²) in [4.78, 5) is 50.6. The van der Waals surface area contributed by atoms with Crippen LogP contribution in [-0.4, -0.2) is 28.4 Å². The second-order valence-corrected chi connectivity index (χ2v) is 10.5. The van der Waals surface area contributed by atoms with Crippen LogP contribution in [0.3, 0.4) is 0 Å². The summed E-state index contributed by atoms with van der Waals surface area (Å²) in [5, 5.41) is 19.9. The first kappa shape index (κ1) is 30.7. The second-order valence-electron chi connectivity index (χ2n) is 9.47. The standard InChI is InChI=1S/C33H30N4O5S/c1-3-23-14-9-10-22(2)31(23)36-30(38)21-43-27-18-16-26(17-19-27)34-33(40)28(35-32(39)24-11-5-4-6-12-24)20-25-13-7-8-15-29(25)37(41)42/h4-20H,3,21H2,1-2H3,(H,34,40)(H,35,39)(H,36,38)/b28-20-. The molecule has 0 fully saturated rings. The first-order chi connectivity index (χ1) is 20.7. The monoisotopic (exact) mass is 594 g/mol. The number of carbonyl (C=O) groups excluding carboxylic acids is 3. The first-order valence-corrected chi connectivity index (χ1v) is 14.5. The maximum atomic E-state index is 13.3. The lowest BCUT2D eigenvalue weighted by atomic mass is 10.1. The highest BCUT2D eigenvalue weighted by atomic mass is 32.2. The van der Waals surface area contributed by atoms with E-state index < -0.39 is 16.7 Å². The van der Waals surface area contributed by atoms with E-state index in [2.05, 4.69) is 16.0 Å². The maximum Gasteiger partial charge on any atom is 0.276 e. The molecule has 43 heavy (non-hydrogen) atoms. The fourth-order valence-corrected chi connectivity index (χ4v) is 4.93. The van der Waals surface area contributed by atoms with E-state index in [9.17, 15) is 24.5 Å². The molecule has 9 nitrogen and oxygen atoms in total. The van der Waals surface area contributed by atoms with Gasteiger partial charge in [-0.25, -0.2) is 0 Å². The molecule has 0 atom stereocenters. The van der Waals surface area contributed by atoms with E-state index in [1.165, 1.54) is 36.0 Å². The summed E-state index contributed by atoms with van der Waals surface area (Å²) in [6.07, 6.45) is 2.09. The van der Waals surface area contributed by atoms with Gasteiger partial charge in [-0.15, -0.1) is 11.8 Å². The van der Waals surface area contributed by atoms with Crippen LogP contribution >= 0.6 is 11.8 Å². The molecule has 0 aliphatic rings. The van der Waals surface area contributed by atoms with E-state index in [1.54, 1.807) is 60.7 Å². The smallest absolute Gasteiger partial charge is 0.276 e. The molecule has 4 rings (SSSR count). The number of nitro benzene ring substituents is 1. The third-order valence-electron chi connectivity index (χ3n) is 6.45. The third kappa shape index (κ3) is 8.40. The summed E-state index contributed by atoms with van der Waals surface area (Å²) in [6, 6.07) is 27.1. The molecule has 0 unspecified atom stereocenters. The van der Waals surface area contributed by atoms with E-state index in [1.807, 2.05) is 32.0 Å². The quantitative estimate of drug-likeness (QED) is 0.0776. The van der Waals surface area contributed by atoms with Crippen molar-refractivity contribution in [2.24, 2.45) is 0 Å². The van der Waals surface area contributed by atoms with E-state index in [0.717, 1.165) is 28.1 Å². The predicted molar refractivity (Wildman–Crippen MR) is 170 cm³/mol. The Morgan fingerprint density at radius 1 is 0.860 bits per heavy atom. The summed E-state index contributed by atoms with van der Waals surface area (Å²) < 4.78 is 0. The first-order valence-electron chi connectivity index (χ1n) is 13.5. The highest BCUT2D eigenvalue weighted by Gasteiger charge is 2.18. The van der Waals surface area contributed by atoms with Crippen LogP contribution in [-0.2, 0) is 16.0 Å². The van der Waals surface area contributed by atoms with Crippen LogP contribution in [0.15, 0.2) is 108 Å². The van der Waals surface area contributed by atoms with Gasteiger partial charge in [0.2, 0.25) is 5.91 Å². The van der Waals surface area contributed by atoms with E-state index in [-0.39, 0.29) is 28.6 Å². The normalized spacial score (nSPS) is 11.0. The molecule has 4 aromatic rings. The van der Waals surface area contributed by atoms with Crippen molar-refractivity contribution in [1.29, 1.82) is 0 Å². The molecule has 0 bridgehead atoms. The van der Waals surface area contributed by atoms with Crippen LogP contribution in [0.4, 0.5) is 17.1 Å². The summed E-state index contributed by atoms with van der Waals surface area (Å²) in [6.45, 7) is 4.00. The van der Waals surface area contributed by atoms with Crippen molar-refractivity contribution in [3.63, 3.8) is 0 Å². The van der Waals surface area contributed by atoms with Crippen molar-refractivity contribution in [2.75, 3.05) is 16.4 Å². The average molecular weight is 595 g/mol. The topological polar surface area (TPSA) is 130 Å². The van der Waals surface area contributed by atoms with Gasteiger partial charge in [-0.1, -0.05) is 55.5 Å². The van der Waals surface area contributed by atoms with Crippen LogP contribution in [0.2, 0.25) is 0 Å². The molecule has 218 valence electrons. The van der Waals surface area contributed by atoms with Gasteiger partial charge in [-0.05, 0) is 73.0 Å². The molecule has 4 aromatic carbocycles. The maximum absolute atomic E-state index is 13.3. The highest BCUT2D eigenvalue weighted by Crippen LogP contribution is 2.25. The van der Waals surface area contributed by atoms with Crippen molar-refractivity contribution >= 4 is 52.6 Å². The average Bonchev–Trinajstić information content (AvgIpc) is 3.01. The van der Waals surface area contributed by atoms with E-state index in [4.69, 9.17) is 0 Å². The zero-order chi connectivity index (χ0) is 30.8. The largest absolute Gasteiger partial charge is 0.325 e. The van der Waals surface area contributed by atoms with Gasteiger partial charge in [0.05, 0.1) is 16.2 Å². The Balaban J connectivity index is 1.45. The lowest BCUT2D eigenvalue weighted by Crippen LogP contribution is -2.30. The van der Waals surface area contributed by atoms with Crippen LogP contribution in [0.1, 0.15) is 34.0 Å². The molecule has 0 spiro atoms. The Morgan fingerprint density at radius 2 is 1.56 bits per heavy atom. The zero-order valence-corrected chi connectivity index (χ0v) is 24.4. The Bertz CT molecular complexity index is 1670. The molecule has 0 aliphatic heterocycles. The van der Waals surface area contributed by atoms with Gasteiger partial charge < -0.3 is 16.0 Å². The molecule has 0 heterocycles. The minimum absolute atomic E-state index is 0.120. The van der Waals surface area contributed by atoms with Gasteiger partial charge in [0.1, 0.15) is 5.70 Å². The number of thioether (sulfide) groups is 1. The minimum Gasteiger partial charge on any atom is -0.325 e. The lowest BCUT2D eigenvalue weighted by molar-refractivity contribution is -0.385. The highest BCUT2D eigenvalue weighted by molar-refractivity contribution is 8.00. The molecular formula is C33H30N4O5S. The van der Waals surface area contributed by atoms with E-state index >= 15 is 0 Å². The Kier molecular flexibility index (Phi) is 10.4. The molecule has 0 saturated carbocycles. The number of nitrogens with one attached hydrogen (secondary N) is 3. The number of nitro groups is 1. The molecular weight excluding hydrogens is 564 g/mol. The van der Waals surface area contributed by atoms with Crippen LogP contribution < -0.4 is 16.0 Å². The number of nitrogens with zero attached hydrogens (tertiary/aromatic N) is 1. The number of benzene rings is 4. The zero-order valence-electron chi connectivity index (χ0n) is 23.6. The number of aryl methyl sites for hydroxylation is 2. The molecule has 10 heteroatoms. The number of hydrogen-bond donors (Lipinski definition) is 3. The van der Waals surface area contributed by atoms with Crippen molar-refractivity contribution in [3.8, 4) is 0 Å². The van der Waals surface area contributed by atoms with E-state index in [0.29, 0.717) is 11.3 Å². The molecule has 3 amide bonds. The van der Waals surface area contributed by atoms with Crippen LogP contribution in [0, 0.1) is 17.0 Å². The number of anilines is 2. The van der Waals surface area contributed by atoms with Gasteiger partial charge in [-0.2, -0.15) is 0 Å². The number of para-hydroxylation sites is 2. The van der Waals surface area contributed by atoms with Gasteiger partial charge in [0.15, 0.2) is 0 Å². The molecule has 0 aromatic heterocycles. The number of carbonyl (C=O) groups is 3. The minimum atomic E-state index is -0.660. The number of amides is 3. The van der Waals surface area contributed by atoms with Crippen molar-refractivity contribution in [1.82, 2.24) is 5.32 Å². The third-order valence-corrected chi connectivity index (χ3v) is 7.46. The van der Waals surface area contributed by atoms with Gasteiger partial charge in [-0.3, -0.25) is 24.5 Å². The van der Waals surface area contributed by atoms with Gasteiger partial charge >= 0.3 is 0 Å². The Labute approximate surface area is 253 Å². The fraction of sp³-hybridized carbons (Fsp3) is 0.121. The van der Waals surface area contributed by atoms with Crippen LogP contribution in [0.25, 0.3) is 6.08 Å². The number of rotatable bonds is 11. The Hall–Kier alpha value is -5.22. The Morgan fingerprint density at radius 3 is 2.26 bits per heavy atom. The van der Waals surface area contributed by atoms with Crippen molar-refractivity contribution < 1.29 is 19.3 Å². The van der Waals surface area contributed by atoms with Crippen molar-refractivity contribution in [3.05, 3.63) is 135 Å². The van der Waals surface area contributed by atoms with Gasteiger partial charge in [0, 0.05) is 27.9 Å². The molecule has 0 radical (unpaired) electrons. The number of hydrogen-bond acceptors (Lipinski definition) is 6. The molecule has 0 aliphatic carbocycles. The SMILES string of the molecule is CCc1cccc(C)c1NC(=O)CSc1ccc(NC(=O)/C(=C/c2ccccc2[N+](=O)[O-])NC(=O)c2ccccc2)cc1. The lowest BCUT2D eigenvalue weighted by Gasteiger charge is -2.13. The van der Waals surface area contributed by atoms with Gasteiger partial charge in [0.25, 0.3) is 17.5 Å². The summed E-state index contributed by atoms with van der Waals surface area (Å²) in [5.41, 5.74) is 3.48. The van der Waals surface area contributed by atoms with Crippen LogP contribution in [0.5, 0.6) is 0 Å². The summed E-state index contributed by atoms with van der Waals surface area (Å²) in [5.74, 6) is -1.11. The molecule has 0 saturated heterocycles. The summed E-state index contributed by atoms with van der Waals surface area (Å²) in [7, 11) is 0. The predicted octanol–water partition coefficient (Wildman–Crippen LogP) is 6.61.